The molecule has 1 fully saturated rings. The highest BCUT2D eigenvalue weighted by Crippen LogP contribution is 2.28. The van der Waals surface area contributed by atoms with Crippen LogP contribution in [0.5, 0.6) is 0 Å². The van der Waals surface area contributed by atoms with E-state index < -0.39 is 11.7 Å². The van der Waals surface area contributed by atoms with E-state index in [0.717, 1.165) is 12.3 Å². The summed E-state index contributed by atoms with van der Waals surface area (Å²) < 4.78 is 37.8. The van der Waals surface area contributed by atoms with E-state index in [9.17, 15) is 18.0 Å². The first-order valence-electron chi connectivity index (χ1n) is 7.73. The quantitative estimate of drug-likeness (QED) is 0.814. The molecule has 1 aromatic carbocycles. The summed E-state index contributed by atoms with van der Waals surface area (Å²) >= 11 is 5.82. The van der Waals surface area contributed by atoms with Gasteiger partial charge in [0, 0.05) is 16.7 Å². The minimum atomic E-state index is -4.36. The second-order valence-corrected chi connectivity index (χ2v) is 6.18. The van der Waals surface area contributed by atoms with Gasteiger partial charge in [0.2, 0.25) is 0 Å². The summed E-state index contributed by atoms with van der Waals surface area (Å²) in [7, 11) is 0. The van der Waals surface area contributed by atoms with Crippen molar-refractivity contribution in [2.45, 2.75) is 6.18 Å². The maximum absolute atomic E-state index is 12.6. The van der Waals surface area contributed by atoms with Crippen LogP contribution in [0.3, 0.4) is 0 Å². The summed E-state index contributed by atoms with van der Waals surface area (Å²) in [6.07, 6.45) is -3.40. The van der Waals surface area contributed by atoms with Crippen molar-refractivity contribution in [1.29, 1.82) is 0 Å². The van der Waals surface area contributed by atoms with Crippen molar-refractivity contribution in [3.63, 3.8) is 0 Å². The predicted octanol–water partition coefficient (Wildman–Crippen LogP) is 3.14. The molecule has 2 aromatic rings. The van der Waals surface area contributed by atoms with Crippen molar-refractivity contribution in [1.82, 2.24) is 4.90 Å². The van der Waals surface area contributed by atoms with E-state index >= 15 is 0 Å². The van der Waals surface area contributed by atoms with Crippen molar-refractivity contribution in [2.75, 3.05) is 31.1 Å². The Morgan fingerprint density at radius 2 is 1.64 bits per heavy atom. The Balaban J connectivity index is 1.61. The zero-order valence-electron chi connectivity index (χ0n) is 13.2. The SMILES string of the molecule is O=C(c1ccc(Cl)cc1)N1CCN(c2ccc(C(F)(F)F)c[nH+]2)CC1. The molecule has 0 atom stereocenters. The monoisotopic (exact) mass is 370 g/mol. The summed E-state index contributed by atoms with van der Waals surface area (Å²) in [5, 5.41) is 0.569. The maximum atomic E-state index is 12.6. The van der Waals surface area contributed by atoms with Crippen LogP contribution in [0.4, 0.5) is 19.0 Å². The number of anilines is 1. The molecule has 1 N–H and O–H groups in total. The van der Waals surface area contributed by atoms with E-state index in [1.54, 1.807) is 29.2 Å². The molecule has 132 valence electrons. The molecule has 3 rings (SSSR count). The van der Waals surface area contributed by atoms with Gasteiger partial charge in [0.25, 0.3) is 11.7 Å². The molecule has 0 aliphatic carbocycles. The number of halogens is 4. The molecule has 2 heterocycles. The molecule has 1 aromatic heterocycles. The number of piperazine rings is 1. The first-order chi connectivity index (χ1) is 11.8. The molecule has 0 radical (unpaired) electrons. The molecule has 0 spiro atoms. The van der Waals surface area contributed by atoms with Gasteiger partial charge in [0.05, 0.1) is 18.7 Å². The Labute approximate surface area is 147 Å². The average molecular weight is 371 g/mol. The van der Waals surface area contributed by atoms with E-state index in [1.165, 1.54) is 6.07 Å². The van der Waals surface area contributed by atoms with Crippen molar-refractivity contribution < 1.29 is 22.9 Å². The standard InChI is InChI=1S/C17H15ClF3N3O/c18-14-4-1-12(2-5-14)16(25)24-9-7-23(8-10-24)15-6-3-13(11-22-15)17(19,20)21/h1-6,11H,7-10H2/p+1. The lowest BCUT2D eigenvalue weighted by atomic mass is 10.2. The molecular weight excluding hydrogens is 355 g/mol. The predicted molar refractivity (Wildman–Crippen MR) is 87.6 cm³/mol. The fourth-order valence-corrected chi connectivity index (χ4v) is 2.84. The maximum Gasteiger partial charge on any atom is 0.419 e. The van der Waals surface area contributed by atoms with Crippen LogP contribution in [0, 0.1) is 0 Å². The second-order valence-electron chi connectivity index (χ2n) is 5.75. The molecule has 1 aliphatic heterocycles. The van der Waals surface area contributed by atoms with Crippen LogP contribution in [0.15, 0.2) is 42.6 Å². The number of hydrogen-bond donors (Lipinski definition) is 0. The van der Waals surface area contributed by atoms with Crippen LogP contribution >= 0.6 is 11.6 Å². The largest absolute Gasteiger partial charge is 0.419 e. The number of rotatable bonds is 2. The fraction of sp³-hybridized carbons (Fsp3) is 0.294. The first kappa shape index (κ1) is 17.5. The number of carbonyl (C=O) groups excluding carboxylic acids is 1. The van der Waals surface area contributed by atoms with Crippen molar-refractivity contribution >= 4 is 23.3 Å². The summed E-state index contributed by atoms with van der Waals surface area (Å²) in [5.74, 6) is 0.527. The van der Waals surface area contributed by atoms with Crippen molar-refractivity contribution in [3.05, 3.63) is 58.7 Å². The van der Waals surface area contributed by atoms with Crippen LogP contribution in [0.2, 0.25) is 5.02 Å². The molecule has 1 amide bonds. The number of aromatic nitrogens is 1. The molecular formula is C17H16ClF3N3O+. The van der Waals surface area contributed by atoms with Crippen LogP contribution in [0.1, 0.15) is 15.9 Å². The van der Waals surface area contributed by atoms with Gasteiger partial charge in [0.15, 0.2) is 0 Å². The highest BCUT2D eigenvalue weighted by Gasteiger charge is 2.33. The third-order valence-corrected chi connectivity index (χ3v) is 4.37. The summed E-state index contributed by atoms with van der Waals surface area (Å²) in [4.78, 5) is 18.8. The van der Waals surface area contributed by atoms with E-state index in [4.69, 9.17) is 11.6 Å². The molecule has 8 heteroatoms. The van der Waals surface area contributed by atoms with E-state index in [2.05, 4.69) is 4.98 Å². The number of nitrogens with zero attached hydrogens (tertiary/aromatic N) is 2. The third-order valence-electron chi connectivity index (χ3n) is 4.12. The minimum absolute atomic E-state index is 0.0762. The molecule has 1 saturated heterocycles. The van der Waals surface area contributed by atoms with Gasteiger partial charge in [-0.1, -0.05) is 11.6 Å². The Morgan fingerprint density at radius 1 is 1.00 bits per heavy atom. The number of aromatic amines is 1. The Morgan fingerprint density at radius 3 is 2.16 bits per heavy atom. The van der Waals surface area contributed by atoms with Gasteiger partial charge in [-0.15, -0.1) is 0 Å². The molecule has 0 unspecified atom stereocenters. The third kappa shape index (κ3) is 4.04. The molecule has 0 saturated carbocycles. The second kappa shape index (κ2) is 6.92. The fourth-order valence-electron chi connectivity index (χ4n) is 2.72. The molecule has 1 aliphatic rings. The highest BCUT2D eigenvalue weighted by atomic mass is 35.5. The van der Waals surface area contributed by atoms with Gasteiger partial charge in [-0.3, -0.25) is 9.69 Å². The average Bonchev–Trinajstić information content (AvgIpc) is 2.61. The minimum Gasteiger partial charge on any atom is -0.331 e. The molecule has 0 bridgehead atoms. The lowest BCUT2D eigenvalue weighted by Crippen LogP contribution is -2.50. The Hall–Kier alpha value is -2.28. The molecule has 4 nitrogen and oxygen atoms in total. The van der Waals surface area contributed by atoms with Crippen molar-refractivity contribution in [2.24, 2.45) is 0 Å². The molecule has 25 heavy (non-hydrogen) atoms. The van der Waals surface area contributed by atoms with Gasteiger partial charge in [0.1, 0.15) is 19.3 Å². The summed E-state index contributed by atoms with van der Waals surface area (Å²) in [6.45, 7) is 2.08. The van der Waals surface area contributed by atoms with Gasteiger partial charge in [-0.2, -0.15) is 13.2 Å². The smallest absolute Gasteiger partial charge is 0.331 e. The van der Waals surface area contributed by atoms with Gasteiger partial charge < -0.3 is 4.90 Å². The van der Waals surface area contributed by atoms with Crippen LogP contribution in [-0.4, -0.2) is 37.0 Å². The lowest BCUT2D eigenvalue weighted by Gasteiger charge is -2.31. The lowest BCUT2D eigenvalue weighted by molar-refractivity contribution is -0.367. The van der Waals surface area contributed by atoms with Gasteiger partial charge in [-0.05, 0) is 30.3 Å². The number of nitrogens with one attached hydrogen (secondary N) is 1. The number of benzene rings is 1. The number of H-pyrrole nitrogens is 1. The van der Waals surface area contributed by atoms with Gasteiger partial charge in [-0.25, -0.2) is 4.98 Å². The van der Waals surface area contributed by atoms with E-state index in [-0.39, 0.29) is 5.91 Å². The number of hydrogen-bond acceptors (Lipinski definition) is 2. The highest BCUT2D eigenvalue weighted by molar-refractivity contribution is 6.30. The van der Waals surface area contributed by atoms with Crippen LogP contribution in [-0.2, 0) is 6.18 Å². The van der Waals surface area contributed by atoms with Gasteiger partial charge >= 0.3 is 6.18 Å². The van der Waals surface area contributed by atoms with E-state index in [1.807, 2.05) is 4.90 Å². The van der Waals surface area contributed by atoms with Crippen LogP contribution < -0.4 is 9.88 Å². The number of pyridine rings is 1. The zero-order chi connectivity index (χ0) is 18.0. The van der Waals surface area contributed by atoms with Crippen molar-refractivity contribution in [3.8, 4) is 0 Å². The Bertz CT molecular complexity index is 739. The topological polar surface area (TPSA) is 37.7 Å². The normalized spacial score (nSPS) is 15.4. The van der Waals surface area contributed by atoms with E-state index in [0.29, 0.717) is 42.6 Å². The number of alkyl halides is 3. The number of amides is 1. The zero-order valence-corrected chi connectivity index (χ0v) is 13.9. The van der Waals surface area contributed by atoms with Crippen LogP contribution in [0.25, 0.3) is 0 Å². The summed E-state index contributed by atoms with van der Waals surface area (Å²) in [5.41, 5.74) is -0.147. The first-order valence-corrected chi connectivity index (χ1v) is 8.11. The summed E-state index contributed by atoms with van der Waals surface area (Å²) in [6, 6.07) is 9.17. The Kier molecular flexibility index (Phi) is 4.85. The number of carbonyl (C=O) groups is 1.